The molecule has 2 aromatic carbocycles. The van der Waals surface area contributed by atoms with E-state index in [-0.39, 0.29) is 31.5 Å². The molecule has 0 aliphatic carbocycles. The predicted octanol–water partition coefficient (Wildman–Crippen LogP) is 4.35. The van der Waals surface area contributed by atoms with Crippen molar-refractivity contribution in [1.29, 1.82) is 0 Å². The van der Waals surface area contributed by atoms with Gasteiger partial charge in [0.15, 0.2) is 23.0 Å². The van der Waals surface area contributed by atoms with E-state index in [1.807, 2.05) is 18.2 Å². The van der Waals surface area contributed by atoms with Crippen LogP contribution < -0.4 is 24.3 Å². The normalized spacial score (nSPS) is 14.4. The van der Waals surface area contributed by atoms with Crippen LogP contribution in [0.2, 0.25) is 0 Å². The number of hydrogen-bond acceptors (Lipinski definition) is 5. The average molecular weight is 429 g/mol. The maximum absolute atomic E-state index is 5.48. The smallest absolute Gasteiger partial charge is 0.231 e. The highest BCUT2D eigenvalue weighted by atomic mass is 79.9. The highest BCUT2D eigenvalue weighted by molar-refractivity contribution is 9.10. The summed E-state index contributed by atoms with van der Waals surface area (Å²) in [6.07, 6.45) is 0. The van der Waals surface area contributed by atoms with E-state index in [0.717, 1.165) is 38.6 Å². The Kier molecular flexibility index (Phi) is 5.04. The Labute approximate surface area is 161 Å². The molecule has 0 atom stereocenters. The van der Waals surface area contributed by atoms with E-state index in [1.165, 1.54) is 0 Å². The molecular formula is C18H19BrClNO4. The maximum atomic E-state index is 5.48. The maximum Gasteiger partial charge on any atom is 0.231 e. The molecule has 0 radical (unpaired) electrons. The SMILES string of the molecule is CC(C)(NCc1cc(Br)c2c(c1)OCO2)c1ccc2c(c1)OCO2.Cl. The van der Waals surface area contributed by atoms with Crippen molar-refractivity contribution in [2.45, 2.75) is 25.9 Å². The van der Waals surface area contributed by atoms with Gasteiger partial charge in [-0.05, 0) is 65.2 Å². The van der Waals surface area contributed by atoms with E-state index in [0.29, 0.717) is 6.54 Å². The molecule has 5 nitrogen and oxygen atoms in total. The first kappa shape index (κ1) is 18.2. The standard InChI is InChI=1S/C18H18BrNO4.ClH/c1-18(2,12-3-4-14-15(7-12)22-9-21-14)20-8-11-5-13(19)17-16(6-11)23-10-24-17;/h3-7,20H,8-10H2,1-2H3;1H. The van der Waals surface area contributed by atoms with Crippen molar-refractivity contribution in [1.82, 2.24) is 5.32 Å². The van der Waals surface area contributed by atoms with Gasteiger partial charge in [0.1, 0.15) is 0 Å². The Morgan fingerprint density at radius 2 is 1.68 bits per heavy atom. The van der Waals surface area contributed by atoms with Crippen LogP contribution in [0.15, 0.2) is 34.8 Å². The number of halogens is 2. The van der Waals surface area contributed by atoms with E-state index in [2.05, 4.69) is 47.2 Å². The summed E-state index contributed by atoms with van der Waals surface area (Å²) in [7, 11) is 0. The molecule has 0 bridgehead atoms. The molecule has 0 spiro atoms. The molecule has 134 valence electrons. The van der Waals surface area contributed by atoms with Crippen LogP contribution in [0, 0.1) is 0 Å². The molecule has 7 heteroatoms. The van der Waals surface area contributed by atoms with Gasteiger partial charge in [-0.15, -0.1) is 12.4 Å². The van der Waals surface area contributed by atoms with Crippen LogP contribution in [-0.2, 0) is 12.1 Å². The van der Waals surface area contributed by atoms with Gasteiger partial charge in [0.2, 0.25) is 13.6 Å². The number of benzene rings is 2. The molecule has 2 aromatic rings. The number of fused-ring (bicyclic) bond motifs is 2. The van der Waals surface area contributed by atoms with E-state index < -0.39 is 0 Å². The van der Waals surface area contributed by atoms with Gasteiger partial charge in [0.05, 0.1) is 4.47 Å². The van der Waals surface area contributed by atoms with E-state index in [4.69, 9.17) is 18.9 Å². The lowest BCUT2D eigenvalue weighted by atomic mass is 9.93. The lowest BCUT2D eigenvalue weighted by Gasteiger charge is -2.27. The topological polar surface area (TPSA) is 49.0 Å². The average Bonchev–Trinajstić information content (AvgIpc) is 3.21. The van der Waals surface area contributed by atoms with Crippen LogP contribution in [0.3, 0.4) is 0 Å². The second-order valence-corrected chi connectivity index (χ2v) is 7.21. The zero-order valence-electron chi connectivity index (χ0n) is 13.9. The summed E-state index contributed by atoms with van der Waals surface area (Å²) in [6.45, 7) is 5.56. The highest BCUT2D eigenvalue weighted by Gasteiger charge is 2.24. The molecule has 2 heterocycles. The van der Waals surface area contributed by atoms with Crippen LogP contribution in [0.1, 0.15) is 25.0 Å². The molecule has 0 saturated heterocycles. The number of hydrogen-bond donors (Lipinski definition) is 1. The number of nitrogens with one attached hydrogen (secondary N) is 1. The summed E-state index contributed by atoms with van der Waals surface area (Å²) >= 11 is 3.53. The highest BCUT2D eigenvalue weighted by Crippen LogP contribution is 2.40. The fraction of sp³-hybridized carbons (Fsp3) is 0.333. The third-order valence-corrected chi connectivity index (χ3v) is 4.90. The lowest BCUT2D eigenvalue weighted by Crippen LogP contribution is -2.35. The molecule has 0 fully saturated rings. The van der Waals surface area contributed by atoms with Gasteiger partial charge >= 0.3 is 0 Å². The second kappa shape index (κ2) is 6.94. The van der Waals surface area contributed by atoms with Crippen molar-refractivity contribution in [2.75, 3.05) is 13.6 Å². The second-order valence-electron chi connectivity index (χ2n) is 6.36. The molecular weight excluding hydrogens is 410 g/mol. The summed E-state index contributed by atoms with van der Waals surface area (Å²) in [5.74, 6) is 3.15. The largest absolute Gasteiger partial charge is 0.454 e. The van der Waals surface area contributed by atoms with Crippen LogP contribution in [0.25, 0.3) is 0 Å². The minimum absolute atomic E-state index is 0. The molecule has 1 N–H and O–H groups in total. The molecule has 2 aliphatic rings. The molecule has 2 aliphatic heterocycles. The summed E-state index contributed by atoms with van der Waals surface area (Å²) in [5, 5.41) is 3.59. The first-order chi connectivity index (χ1) is 11.5. The molecule has 0 unspecified atom stereocenters. The summed E-state index contributed by atoms with van der Waals surface area (Å²) in [6, 6.07) is 10.1. The zero-order valence-corrected chi connectivity index (χ0v) is 16.3. The minimum Gasteiger partial charge on any atom is -0.454 e. The summed E-state index contributed by atoms with van der Waals surface area (Å²) in [5.41, 5.74) is 2.05. The predicted molar refractivity (Wildman–Crippen MR) is 99.9 cm³/mol. The van der Waals surface area contributed by atoms with Gasteiger partial charge < -0.3 is 24.3 Å². The van der Waals surface area contributed by atoms with E-state index in [1.54, 1.807) is 0 Å². The summed E-state index contributed by atoms with van der Waals surface area (Å²) in [4.78, 5) is 0. The fourth-order valence-corrected chi connectivity index (χ4v) is 3.44. The lowest BCUT2D eigenvalue weighted by molar-refractivity contribution is 0.173. The van der Waals surface area contributed by atoms with E-state index in [9.17, 15) is 0 Å². The van der Waals surface area contributed by atoms with Gasteiger partial charge in [-0.3, -0.25) is 0 Å². The Morgan fingerprint density at radius 1 is 0.960 bits per heavy atom. The quantitative estimate of drug-likeness (QED) is 0.784. The van der Waals surface area contributed by atoms with Crippen LogP contribution in [-0.4, -0.2) is 13.6 Å². The monoisotopic (exact) mass is 427 g/mol. The first-order valence-corrected chi connectivity index (χ1v) is 8.55. The van der Waals surface area contributed by atoms with E-state index >= 15 is 0 Å². The van der Waals surface area contributed by atoms with Gasteiger partial charge in [0, 0.05) is 12.1 Å². The number of rotatable bonds is 4. The fourth-order valence-electron chi connectivity index (χ4n) is 2.83. The molecule has 0 aromatic heterocycles. The van der Waals surface area contributed by atoms with Crippen molar-refractivity contribution in [3.05, 3.63) is 45.9 Å². The Balaban J connectivity index is 0.00000182. The summed E-state index contributed by atoms with van der Waals surface area (Å²) < 4.78 is 22.7. The Bertz CT molecular complexity index is 797. The van der Waals surface area contributed by atoms with Gasteiger partial charge in [0.25, 0.3) is 0 Å². The van der Waals surface area contributed by atoms with Crippen molar-refractivity contribution >= 4 is 28.3 Å². The van der Waals surface area contributed by atoms with Crippen LogP contribution in [0.5, 0.6) is 23.0 Å². The molecule has 0 amide bonds. The van der Waals surface area contributed by atoms with Crippen LogP contribution >= 0.6 is 28.3 Å². The van der Waals surface area contributed by atoms with Crippen molar-refractivity contribution in [3.63, 3.8) is 0 Å². The first-order valence-electron chi connectivity index (χ1n) is 7.76. The van der Waals surface area contributed by atoms with Crippen LogP contribution in [0.4, 0.5) is 0 Å². The molecule has 4 rings (SSSR count). The molecule has 25 heavy (non-hydrogen) atoms. The third-order valence-electron chi connectivity index (χ3n) is 4.32. The van der Waals surface area contributed by atoms with Gasteiger partial charge in [-0.2, -0.15) is 0 Å². The van der Waals surface area contributed by atoms with Crippen molar-refractivity contribution in [3.8, 4) is 23.0 Å². The van der Waals surface area contributed by atoms with Gasteiger partial charge in [-0.25, -0.2) is 0 Å². The third kappa shape index (κ3) is 3.52. The number of ether oxygens (including phenoxy) is 4. The molecule has 0 saturated carbocycles. The van der Waals surface area contributed by atoms with Crippen molar-refractivity contribution in [2.24, 2.45) is 0 Å². The van der Waals surface area contributed by atoms with Gasteiger partial charge in [-0.1, -0.05) is 6.07 Å². The Morgan fingerprint density at radius 3 is 2.52 bits per heavy atom. The minimum atomic E-state index is -0.218. The van der Waals surface area contributed by atoms with Crippen molar-refractivity contribution < 1.29 is 18.9 Å². The zero-order chi connectivity index (χ0) is 16.7. The Hall–Kier alpha value is -1.63.